The average molecular weight is 297 g/mol. The van der Waals surface area contributed by atoms with Crippen molar-refractivity contribution in [2.75, 3.05) is 0 Å². The molecule has 0 aliphatic rings. The molecule has 0 radical (unpaired) electrons. The molecule has 0 amide bonds. The predicted molar refractivity (Wildman–Crippen MR) is 80.9 cm³/mol. The van der Waals surface area contributed by atoms with E-state index in [9.17, 15) is 0 Å². The summed E-state index contributed by atoms with van der Waals surface area (Å²) < 4.78 is 0.197. The molecule has 0 bridgehead atoms. The highest BCUT2D eigenvalue weighted by Crippen LogP contribution is 2.42. The van der Waals surface area contributed by atoms with Gasteiger partial charge in [-0.1, -0.05) is 80.2 Å². The lowest BCUT2D eigenvalue weighted by Gasteiger charge is -2.30. The van der Waals surface area contributed by atoms with E-state index in [1.54, 1.807) is 0 Å². The van der Waals surface area contributed by atoms with Crippen LogP contribution in [0.25, 0.3) is 0 Å². The van der Waals surface area contributed by atoms with Crippen molar-refractivity contribution in [2.45, 2.75) is 63.6 Å². The zero-order valence-corrected chi connectivity index (χ0v) is 13.0. The van der Waals surface area contributed by atoms with Gasteiger partial charge in [0.25, 0.3) is 0 Å². The van der Waals surface area contributed by atoms with Crippen molar-refractivity contribution >= 4 is 15.9 Å². The molecule has 1 rings (SSSR count). The monoisotopic (exact) mass is 296 g/mol. The third kappa shape index (κ3) is 3.84. The molecule has 0 atom stereocenters. The largest absolute Gasteiger partial charge is 0.0801 e. The summed E-state index contributed by atoms with van der Waals surface area (Å²) in [5, 5.41) is 0. The summed E-state index contributed by atoms with van der Waals surface area (Å²) in [6, 6.07) is 8.95. The standard InChI is InChI=1S/C16H25Br/c1-4-9-14-10-7-8-11-15(14)16(17,12-5-2)13-6-3/h7-8,10-11H,4-6,9,12-13H2,1-3H3. The summed E-state index contributed by atoms with van der Waals surface area (Å²) in [5.41, 5.74) is 3.04. The lowest BCUT2D eigenvalue weighted by atomic mass is 9.86. The topological polar surface area (TPSA) is 0 Å². The highest BCUT2D eigenvalue weighted by Gasteiger charge is 2.28. The first kappa shape index (κ1) is 14.8. The van der Waals surface area contributed by atoms with Crippen molar-refractivity contribution in [1.82, 2.24) is 0 Å². The minimum atomic E-state index is 0.197. The fraction of sp³-hybridized carbons (Fsp3) is 0.625. The first-order valence-electron chi connectivity index (χ1n) is 6.95. The lowest BCUT2D eigenvalue weighted by molar-refractivity contribution is 0.517. The number of rotatable bonds is 7. The zero-order valence-electron chi connectivity index (χ0n) is 11.4. The molecule has 0 unspecified atom stereocenters. The van der Waals surface area contributed by atoms with Gasteiger partial charge in [0.05, 0.1) is 4.32 Å². The van der Waals surface area contributed by atoms with Crippen molar-refractivity contribution in [3.63, 3.8) is 0 Å². The highest BCUT2D eigenvalue weighted by atomic mass is 79.9. The molecule has 0 aliphatic carbocycles. The smallest absolute Gasteiger partial charge is 0.0508 e. The van der Waals surface area contributed by atoms with Crippen molar-refractivity contribution in [3.05, 3.63) is 35.4 Å². The third-order valence-corrected chi connectivity index (χ3v) is 4.53. The Balaban J connectivity index is 3.08. The second-order valence-corrected chi connectivity index (χ2v) is 6.39. The summed E-state index contributed by atoms with van der Waals surface area (Å²) in [5.74, 6) is 0. The van der Waals surface area contributed by atoms with Crippen LogP contribution in [0.5, 0.6) is 0 Å². The summed E-state index contributed by atoms with van der Waals surface area (Å²) in [7, 11) is 0. The normalized spacial score (nSPS) is 11.8. The number of benzene rings is 1. The SMILES string of the molecule is CCCc1ccccc1C(Br)(CCC)CCC. The minimum Gasteiger partial charge on any atom is -0.0801 e. The zero-order chi connectivity index (χ0) is 12.7. The molecule has 1 aromatic carbocycles. The Morgan fingerprint density at radius 1 is 0.941 bits per heavy atom. The van der Waals surface area contributed by atoms with Gasteiger partial charge < -0.3 is 0 Å². The Morgan fingerprint density at radius 3 is 2.06 bits per heavy atom. The van der Waals surface area contributed by atoms with Crippen LogP contribution in [0.2, 0.25) is 0 Å². The Labute approximate surface area is 115 Å². The van der Waals surface area contributed by atoms with E-state index in [1.165, 1.54) is 49.7 Å². The van der Waals surface area contributed by atoms with Crippen molar-refractivity contribution < 1.29 is 0 Å². The molecule has 96 valence electrons. The molecule has 0 heterocycles. The molecule has 0 aromatic heterocycles. The fourth-order valence-corrected chi connectivity index (χ4v) is 3.81. The van der Waals surface area contributed by atoms with Gasteiger partial charge in [-0.2, -0.15) is 0 Å². The maximum Gasteiger partial charge on any atom is 0.0508 e. The van der Waals surface area contributed by atoms with Crippen LogP contribution in [-0.2, 0) is 10.7 Å². The van der Waals surface area contributed by atoms with Crippen LogP contribution >= 0.6 is 15.9 Å². The van der Waals surface area contributed by atoms with Crippen LogP contribution < -0.4 is 0 Å². The number of hydrogen-bond acceptors (Lipinski definition) is 0. The average Bonchev–Trinajstić information content (AvgIpc) is 2.31. The number of aryl methyl sites for hydroxylation is 1. The van der Waals surface area contributed by atoms with Crippen LogP contribution in [0.15, 0.2) is 24.3 Å². The van der Waals surface area contributed by atoms with Gasteiger partial charge in [-0.05, 0) is 30.4 Å². The van der Waals surface area contributed by atoms with Crippen molar-refractivity contribution in [3.8, 4) is 0 Å². The van der Waals surface area contributed by atoms with E-state index in [0.29, 0.717) is 0 Å². The van der Waals surface area contributed by atoms with Gasteiger partial charge in [0.15, 0.2) is 0 Å². The van der Waals surface area contributed by atoms with Gasteiger partial charge >= 0.3 is 0 Å². The molecule has 1 aromatic rings. The van der Waals surface area contributed by atoms with Crippen molar-refractivity contribution in [2.24, 2.45) is 0 Å². The quantitative estimate of drug-likeness (QED) is 0.555. The van der Waals surface area contributed by atoms with E-state index >= 15 is 0 Å². The second kappa shape index (κ2) is 7.20. The van der Waals surface area contributed by atoms with Crippen LogP contribution in [0.1, 0.15) is 64.0 Å². The fourth-order valence-electron chi connectivity index (χ4n) is 2.63. The molecule has 0 saturated heterocycles. The number of halogens is 1. The van der Waals surface area contributed by atoms with E-state index in [2.05, 4.69) is 61.0 Å². The van der Waals surface area contributed by atoms with Gasteiger partial charge in [-0.3, -0.25) is 0 Å². The Kier molecular flexibility index (Phi) is 6.26. The molecule has 0 N–H and O–H groups in total. The van der Waals surface area contributed by atoms with Gasteiger partial charge in [-0.15, -0.1) is 0 Å². The summed E-state index contributed by atoms with van der Waals surface area (Å²) >= 11 is 4.03. The van der Waals surface area contributed by atoms with Crippen LogP contribution in [-0.4, -0.2) is 0 Å². The third-order valence-electron chi connectivity index (χ3n) is 3.31. The maximum absolute atomic E-state index is 4.03. The maximum atomic E-state index is 4.03. The van der Waals surface area contributed by atoms with Gasteiger partial charge in [0.2, 0.25) is 0 Å². The van der Waals surface area contributed by atoms with E-state index in [4.69, 9.17) is 0 Å². The highest BCUT2D eigenvalue weighted by molar-refractivity contribution is 9.09. The summed E-state index contributed by atoms with van der Waals surface area (Å²) in [4.78, 5) is 0. The van der Waals surface area contributed by atoms with E-state index in [1.807, 2.05) is 0 Å². The Hall–Kier alpha value is -0.300. The summed E-state index contributed by atoms with van der Waals surface area (Å²) in [6.45, 7) is 6.80. The first-order chi connectivity index (χ1) is 8.18. The van der Waals surface area contributed by atoms with E-state index in [0.717, 1.165) is 0 Å². The Morgan fingerprint density at radius 2 is 1.53 bits per heavy atom. The molecule has 17 heavy (non-hydrogen) atoms. The van der Waals surface area contributed by atoms with Crippen molar-refractivity contribution in [1.29, 1.82) is 0 Å². The number of alkyl halides is 1. The molecular weight excluding hydrogens is 272 g/mol. The van der Waals surface area contributed by atoms with Gasteiger partial charge in [0.1, 0.15) is 0 Å². The second-order valence-electron chi connectivity index (χ2n) is 4.87. The van der Waals surface area contributed by atoms with E-state index in [-0.39, 0.29) is 4.32 Å². The molecular formula is C16H25Br. The van der Waals surface area contributed by atoms with Crippen LogP contribution in [0, 0.1) is 0 Å². The molecule has 0 spiro atoms. The van der Waals surface area contributed by atoms with Gasteiger partial charge in [-0.25, -0.2) is 0 Å². The molecule has 0 nitrogen and oxygen atoms in total. The molecule has 0 saturated carbocycles. The van der Waals surface area contributed by atoms with E-state index < -0.39 is 0 Å². The van der Waals surface area contributed by atoms with Crippen LogP contribution in [0.3, 0.4) is 0 Å². The lowest BCUT2D eigenvalue weighted by Crippen LogP contribution is -2.19. The number of hydrogen-bond donors (Lipinski definition) is 0. The van der Waals surface area contributed by atoms with Crippen LogP contribution in [0.4, 0.5) is 0 Å². The first-order valence-corrected chi connectivity index (χ1v) is 7.74. The minimum absolute atomic E-state index is 0.197. The molecule has 0 fully saturated rings. The summed E-state index contributed by atoms with van der Waals surface area (Å²) in [6.07, 6.45) is 7.32. The Bertz CT molecular complexity index is 324. The van der Waals surface area contributed by atoms with Gasteiger partial charge in [0, 0.05) is 0 Å². The predicted octanol–water partition coefficient (Wildman–Crippen LogP) is 5.83. The molecule has 0 aliphatic heterocycles. The molecule has 1 heteroatoms.